The topological polar surface area (TPSA) is 114 Å². The minimum Gasteiger partial charge on any atom is -0.491 e. The van der Waals surface area contributed by atoms with E-state index < -0.39 is 17.8 Å². The Morgan fingerprint density at radius 3 is 2.67 bits per heavy atom. The lowest BCUT2D eigenvalue weighted by molar-refractivity contribution is -0.176. The first-order valence-electron chi connectivity index (χ1n) is 12.0. The summed E-state index contributed by atoms with van der Waals surface area (Å²) < 4.78 is 11.5. The van der Waals surface area contributed by atoms with Crippen molar-refractivity contribution in [3.8, 4) is 5.75 Å². The molecular weight excluding hydrogens is 460 g/mol. The lowest BCUT2D eigenvalue weighted by Crippen LogP contribution is -2.59. The van der Waals surface area contributed by atoms with E-state index in [0.717, 1.165) is 47.8 Å². The number of carboxylic acids is 1. The number of hydrogen-bond acceptors (Lipinski definition) is 8. The van der Waals surface area contributed by atoms with Crippen LogP contribution in [0.3, 0.4) is 0 Å². The number of likely N-dealkylation sites (tertiary alicyclic amines) is 1. The van der Waals surface area contributed by atoms with Gasteiger partial charge < -0.3 is 19.9 Å². The summed E-state index contributed by atoms with van der Waals surface area (Å²) in [6, 6.07) is 14.3. The van der Waals surface area contributed by atoms with Crippen molar-refractivity contribution < 1.29 is 24.2 Å². The van der Waals surface area contributed by atoms with Gasteiger partial charge in [-0.15, -0.1) is 0 Å². The third kappa shape index (κ3) is 5.98. The average Bonchev–Trinajstić information content (AvgIpc) is 2.91. The highest BCUT2D eigenvalue weighted by Crippen LogP contribution is 2.33. The Bertz CT molecular complexity index is 1240. The van der Waals surface area contributed by atoms with Gasteiger partial charge in [-0.05, 0) is 35.6 Å². The van der Waals surface area contributed by atoms with Crippen LogP contribution in [0.2, 0.25) is 0 Å². The predicted octanol–water partition coefficient (Wildman–Crippen LogP) is 4.01. The first-order chi connectivity index (χ1) is 17.5. The number of nitrogens with one attached hydrogen (secondary N) is 1. The van der Waals surface area contributed by atoms with Crippen LogP contribution in [0.15, 0.2) is 67.1 Å². The molecule has 0 bridgehead atoms. The molecular formula is C27H30N4O5. The van der Waals surface area contributed by atoms with Crippen molar-refractivity contribution in [3.05, 3.63) is 72.7 Å². The molecule has 4 rings (SSSR count). The minimum atomic E-state index is -1.29. The van der Waals surface area contributed by atoms with Crippen LogP contribution in [0.25, 0.3) is 10.8 Å². The zero-order valence-corrected chi connectivity index (χ0v) is 20.2. The van der Waals surface area contributed by atoms with Gasteiger partial charge in [0.25, 0.3) is 0 Å². The molecule has 0 radical (unpaired) electrons. The average molecular weight is 491 g/mol. The Hall–Kier alpha value is -3.98. The number of ether oxygens (including phenoxy) is 2. The summed E-state index contributed by atoms with van der Waals surface area (Å²) in [4.78, 5) is 34.4. The van der Waals surface area contributed by atoms with Crippen molar-refractivity contribution in [2.45, 2.75) is 38.0 Å². The van der Waals surface area contributed by atoms with E-state index >= 15 is 0 Å². The van der Waals surface area contributed by atoms with Crippen LogP contribution >= 0.6 is 0 Å². The first-order valence-corrected chi connectivity index (χ1v) is 12.0. The number of carbonyl (C=O) groups is 2. The number of piperidine rings is 1. The highest BCUT2D eigenvalue weighted by molar-refractivity contribution is 5.91. The van der Waals surface area contributed by atoms with Crippen LogP contribution in [0.5, 0.6) is 5.75 Å². The zero-order valence-electron chi connectivity index (χ0n) is 20.2. The molecule has 0 amide bonds. The third-order valence-electron chi connectivity index (χ3n) is 6.32. The van der Waals surface area contributed by atoms with E-state index in [4.69, 9.17) is 14.6 Å². The van der Waals surface area contributed by atoms with Gasteiger partial charge in [-0.25, -0.2) is 24.5 Å². The molecule has 1 aliphatic heterocycles. The van der Waals surface area contributed by atoms with Crippen LogP contribution in [0.4, 0.5) is 5.82 Å². The molecule has 1 aliphatic rings. The summed E-state index contributed by atoms with van der Waals surface area (Å²) in [5, 5.41) is 14.6. The fraction of sp³-hybridized carbons (Fsp3) is 0.333. The van der Waals surface area contributed by atoms with Gasteiger partial charge in [0.15, 0.2) is 11.6 Å². The molecule has 1 unspecified atom stereocenters. The van der Waals surface area contributed by atoms with Crippen molar-refractivity contribution in [3.63, 3.8) is 0 Å². The van der Waals surface area contributed by atoms with Crippen LogP contribution in [0, 0.1) is 0 Å². The number of esters is 1. The van der Waals surface area contributed by atoms with Gasteiger partial charge in [0, 0.05) is 31.7 Å². The van der Waals surface area contributed by atoms with Crippen molar-refractivity contribution in [2.75, 3.05) is 25.5 Å². The predicted molar refractivity (Wildman–Crippen MR) is 135 cm³/mol. The fourth-order valence-corrected chi connectivity index (χ4v) is 4.60. The quantitative estimate of drug-likeness (QED) is 0.247. The molecule has 1 aromatic heterocycles. The largest absolute Gasteiger partial charge is 0.491 e. The Kier molecular flexibility index (Phi) is 8.12. The summed E-state index contributed by atoms with van der Waals surface area (Å²) in [5.41, 5.74) is 1.11. The summed E-state index contributed by atoms with van der Waals surface area (Å²) in [5.74, 6) is -2.50. The van der Waals surface area contributed by atoms with Crippen molar-refractivity contribution in [2.24, 2.45) is 0 Å². The van der Waals surface area contributed by atoms with Crippen LogP contribution in [0.1, 0.15) is 31.2 Å². The molecule has 3 aromatic rings. The monoisotopic (exact) mass is 490 g/mol. The van der Waals surface area contributed by atoms with Gasteiger partial charge in [-0.3, -0.25) is 0 Å². The fourth-order valence-electron chi connectivity index (χ4n) is 4.60. The van der Waals surface area contributed by atoms with E-state index in [0.29, 0.717) is 37.5 Å². The van der Waals surface area contributed by atoms with Gasteiger partial charge in [-0.2, -0.15) is 0 Å². The smallest absolute Gasteiger partial charge is 0.334 e. The number of aromatic nitrogens is 2. The minimum absolute atomic E-state index is 0.381. The van der Waals surface area contributed by atoms with Crippen LogP contribution in [-0.4, -0.2) is 58.0 Å². The number of rotatable bonds is 10. The number of carboxylic acid groups (broad SMARTS) is 1. The Morgan fingerprint density at radius 2 is 1.89 bits per heavy atom. The van der Waals surface area contributed by atoms with E-state index in [1.54, 1.807) is 0 Å². The van der Waals surface area contributed by atoms with E-state index in [-0.39, 0.29) is 0 Å². The number of benzene rings is 2. The summed E-state index contributed by atoms with van der Waals surface area (Å²) in [7, 11) is 1.52. The summed E-state index contributed by atoms with van der Waals surface area (Å²) >= 11 is 0. The first kappa shape index (κ1) is 25.1. The second kappa shape index (κ2) is 11.6. The van der Waals surface area contributed by atoms with Gasteiger partial charge >= 0.3 is 11.9 Å². The summed E-state index contributed by atoms with van der Waals surface area (Å²) in [6.45, 7) is 1.40. The molecule has 0 aliphatic carbocycles. The molecule has 1 saturated heterocycles. The second-order valence-electron chi connectivity index (χ2n) is 8.63. The highest BCUT2D eigenvalue weighted by Gasteiger charge is 2.42. The van der Waals surface area contributed by atoms with Gasteiger partial charge in [0.05, 0.1) is 13.3 Å². The van der Waals surface area contributed by atoms with Crippen LogP contribution < -0.4 is 10.1 Å². The lowest BCUT2D eigenvalue weighted by Gasteiger charge is -2.45. The molecule has 1 atom stereocenters. The number of methoxy groups -OCH3 is 1. The number of aryl methyl sites for hydroxylation is 1. The zero-order chi connectivity index (χ0) is 25.4. The van der Waals surface area contributed by atoms with E-state index in [1.807, 2.05) is 18.2 Å². The number of hydrogen-bond donors (Lipinski definition) is 2. The molecule has 0 spiro atoms. The molecule has 2 heterocycles. The summed E-state index contributed by atoms with van der Waals surface area (Å²) in [6.07, 6.45) is 8.59. The van der Waals surface area contributed by atoms with Crippen molar-refractivity contribution in [1.29, 1.82) is 0 Å². The molecule has 9 heteroatoms. The lowest BCUT2D eigenvalue weighted by atomic mass is 9.98. The second-order valence-corrected chi connectivity index (χ2v) is 8.63. The maximum absolute atomic E-state index is 12.9. The van der Waals surface area contributed by atoms with Gasteiger partial charge in [0.1, 0.15) is 6.33 Å². The van der Waals surface area contributed by atoms with Crippen LogP contribution in [-0.2, 0) is 20.7 Å². The molecule has 2 aromatic carbocycles. The molecule has 188 valence electrons. The van der Waals surface area contributed by atoms with E-state index in [2.05, 4.69) is 44.5 Å². The van der Waals surface area contributed by atoms with E-state index in [9.17, 15) is 9.59 Å². The number of nitrogens with zero attached hydrogens (tertiary/aromatic N) is 3. The molecule has 2 N–H and O–H groups in total. The molecule has 36 heavy (non-hydrogen) atoms. The van der Waals surface area contributed by atoms with E-state index in [1.165, 1.54) is 19.6 Å². The Morgan fingerprint density at radius 1 is 1.11 bits per heavy atom. The molecule has 1 fully saturated rings. The number of fused-ring (bicyclic) bond motifs is 1. The standard InChI is InChI=1S/C27H30N4O5/c1-35-23-18-28-19-29-26(23)30-27(31-16-5-2-6-17-31,36-25(34)13-12-24(32)33)15-14-21-10-7-9-20-8-3-4-11-22(20)21/h3-4,7-13,18-19H,2,5-6,14-17H2,1H3,(H,32,33)(H,28,29,30)/b13-12+. The maximum Gasteiger partial charge on any atom is 0.334 e. The number of anilines is 1. The highest BCUT2D eigenvalue weighted by atomic mass is 16.6. The van der Waals surface area contributed by atoms with Crippen molar-refractivity contribution in [1.82, 2.24) is 14.9 Å². The maximum atomic E-state index is 12.9. The Balaban J connectivity index is 1.74. The SMILES string of the molecule is COc1cncnc1NC(CCc1cccc2ccccc12)(OC(=O)/C=C/C(=O)O)N1CCCCC1. The molecule has 0 saturated carbocycles. The normalized spacial score (nSPS) is 15.9. The molecule has 9 nitrogen and oxygen atoms in total. The number of aliphatic carboxylic acids is 1. The van der Waals surface area contributed by atoms with Gasteiger partial charge in [-0.1, -0.05) is 48.9 Å². The Labute approximate surface area is 209 Å². The number of carbonyl (C=O) groups excluding carboxylic acids is 1. The third-order valence-corrected chi connectivity index (χ3v) is 6.32. The van der Waals surface area contributed by atoms with Gasteiger partial charge in [0.2, 0.25) is 5.85 Å². The van der Waals surface area contributed by atoms with Crippen molar-refractivity contribution >= 4 is 28.5 Å².